The molecule has 0 aromatic heterocycles. The second-order valence-electron chi connectivity index (χ2n) is 7.95. The van der Waals surface area contributed by atoms with Gasteiger partial charge in [0.1, 0.15) is 0 Å². The zero-order valence-corrected chi connectivity index (χ0v) is 12.9. The first kappa shape index (κ1) is 14.4. The van der Waals surface area contributed by atoms with Crippen LogP contribution in [-0.2, 0) is 0 Å². The van der Waals surface area contributed by atoms with E-state index in [9.17, 15) is 0 Å². The summed E-state index contributed by atoms with van der Waals surface area (Å²) in [6.45, 7) is 9.61. The van der Waals surface area contributed by atoms with Crippen LogP contribution >= 0.6 is 0 Å². The van der Waals surface area contributed by atoms with Crippen molar-refractivity contribution in [3.05, 3.63) is 0 Å². The van der Waals surface area contributed by atoms with E-state index >= 15 is 0 Å². The molecule has 4 unspecified atom stereocenters. The molecule has 2 saturated carbocycles. The smallest absolute Gasteiger partial charge is 0.0185 e. The van der Waals surface area contributed by atoms with Gasteiger partial charge in [0, 0.05) is 5.54 Å². The summed E-state index contributed by atoms with van der Waals surface area (Å²) in [6.07, 6.45) is 9.51. The van der Waals surface area contributed by atoms with Crippen molar-refractivity contribution in [2.24, 2.45) is 35.3 Å². The van der Waals surface area contributed by atoms with Crippen molar-refractivity contribution >= 4 is 0 Å². The lowest BCUT2D eigenvalue weighted by Crippen LogP contribution is -2.53. The lowest BCUT2D eigenvalue weighted by atomic mass is 9.61. The molecule has 106 valence electrons. The van der Waals surface area contributed by atoms with E-state index in [0.717, 1.165) is 29.6 Å². The SMILES string of the molecule is CC1CC(C)CC(C2(N)CCCC(C(C)C)C2)C1. The molecule has 2 N–H and O–H groups in total. The third-order valence-electron chi connectivity index (χ3n) is 5.79. The van der Waals surface area contributed by atoms with Crippen molar-refractivity contribution in [3.8, 4) is 0 Å². The highest BCUT2D eigenvalue weighted by Crippen LogP contribution is 2.46. The normalized spacial score (nSPS) is 46.3. The Bertz CT molecular complexity index is 263. The first-order valence-electron chi connectivity index (χ1n) is 8.19. The molecule has 0 aliphatic heterocycles. The van der Waals surface area contributed by atoms with Crippen molar-refractivity contribution in [2.45, 2.75) is 78.2 Å². The van der Waals surface area contributed by atoms with E-state index < -0.39 is 0 Å². The van der Waals surface area contributed by atoms with Gasteiger partial charge in [-0.3, -0.25) is 0 Å². The van der Waals surface area contributed by atoms with Gasteiger partial charge in [-0.15, -0.1) is 0 Å². The maximum Gasteiger partial charge on any atom is 0.0185 e. The minimum absolute atomic E-state index is 0.163. The average molecular weight is 251 g/mol. The van der Waals surface area contributed by atoms with Crippen molar-refractivity contribution < 1.29 is 0 Å². The van der Waals surface area contributed by atoms with Crippen molar-refractivity contribution in [1.82, 2.24) is 0 Å². The fourth-order valence-electron chi connectivity index (χ4n) is 4.74. The Morgan fingerprint density at radius 3 is 2.22 bits per heavy atom. The van der Waals surface area contributed by atoms with Crippen LogP contribution in [0.15, 0.2) is 0 Å². The van der Waals surface area contributed by atoms with E-state index in [-0.39, 0.29) is 5.54 Å². The van der Waals surface area contributed by atoms with Crippen LogP contribution in [-0.4, -0.2) is 5.54 Å². The van der Waals surface area contributed by atoms with Gasteiger partial charge in [-0.25, -0.2) is 0 Å². The molecule has 0 spiro atoms. The summed E-state index contributed by atoms with van der Waals surface area (Å²) in [7, 11) is 0. The van der Waals surface area contributed by atoms with Crippen LogP contribution in [0.3, 0.4) is 0 Å². The molecule has 0 aromatic rings. The Hall–Kier alpha value is -0.0400. The third-order valence-corrected chi connectivity index (χ3v) is 5.79. The summed E-state index contributed by atoms with van der Waals surface area (Å²) in [4.78, 5) is 0. The Balaban J connectivity index is 2.05. The Morgan fingerprint density at radius 2 is 1.67 bits per heavy atom. The Kier molecular flexibility index (Phi) is 4.41. The molecule has 4 atom stereocenters. The fraction of sp³-hybridized carbons (Fsp3) is 1.00. The molecule has 0 amide bonds. The van der Waals surface area contributed by atoms with Crippen LogP contribution in [0.2, 0.25) is 0 Å². The van der Waals surface area contributed by atoms with Crippen molar-refractivity contribution in [3.63, 3.8) is 0 Å². The van der Waals surface area contributed by atoms with Crippen LogP contribution in [0.1, 0.15) is 72.6 Å². The van der Waals surface area contributed by atoms with E-state index in [2.05, 4.69) is 27.7 Å². The standard InChI is InChI=1S/C17H33N/c1-12(2)15-6-5-7-17(18,11-15)16-9-13(3)8-14(4)10-16/h12-16H,5-11,18H2,1-4H3. The molecule has 18 heavy (non-hydrogen) atoms. The van der Waals surface area contributed by atoms with Crippen LogP contribution in [0.25, 0.3) is 0 Å². The van der Waals surface area contributed by atoms with Crippen LogP contribution in [0.4, 0.5) is 0 Å². The number of rotatable bonds is 2. The summed E-state index contributed by atoms with van der Waals surface area (Å²) in [5.41, 5.74) is 7.05. The molecular weight excluding hydrogens is 218 g/mol. The molecule has 2 fully saturated rings. The third kappa shape index (κ3) is 3.10. The maximum absolute atomic E-state index is 6.89. The zero-order valence-electron chi connectivity index (χ0n) is 12.9. The Labute approximate surface area is 114 Å². The molecule has 1 nitrogen and oxygen atoms in total. The Morgan fingerprint density at radius 1 is 1.06 bits per heavy atom. The summed E-state index contributed by atoms with van der Waals surface area (Å²) in [6, 6.07) is 0. The molecule has 0 bridgehead atoms. The van der Waals surface area contributed by atoms with Gasteiger partial charge in [0.15, 0.2) is 0 Å². The summed E-state index contributed by atoms with van der Waals surface area (Å²) in [5.74, 6) is 4.25. The lowest BCUT2D eigenvalue weighted by Gasteiger charge is -2.48. The minimum Gasteiger partial charge on any atom is -0.325 e. The van der Waals surface area contributed by atoms with Gasteiger partial charge in [-0.1, -0.05) is 40.5 Å². The van der Waals surface area contributed by atoms with Gasteiger partial charge in [-0.05, 0) is 61.7 Å². The van der Waals surface area contributed by atoms with Crippen LogP contribution in [0.5, 0.6) is 0 Å². The van der Waals surface area contributed by atoms with E-state index in [1.807, 2.05) is 0 Å². The van der Waals surface area contributed by atoms with Gasteiger partial charge < -0.3 is 5.73 Å². The number of nitrogens with two attached hydrogens (primary N) is 1. The van der Waals surface area contributed by atoms with E-state index in [4.69, 9.17) is 5.73 Å². The first-order valence-corrected chi connectivity index (χ1v) is 8.19. The molecule has 2 aliphatic rings. The predicted octanol–water partition coefficient (Wildman–Crippen LogP) is 4.60. The largest absolute Gasteiger partial charge is 0.325 e. The second kappa shape index (κ2) is 5.53. The minimum atomic E-state index is 0.163. The van der Waals surface area contributed by atoms with Crippen molar-refractivity contribution in [2.75, 3.05) is 0 Å². The lowest BCUT2D eigenvalue weighted by molar-refractivity contribution is 0.0725. The number of hydrogen-bond donors (Lipinski definition) is 1. The van der Waals surface area contributed by atoms with E-state index in [1.165, 1.54) is 44.9 Å². The van der Waals surface area contributed by atoms with Gasteiger partial charge in [-0.2, -0.15) is 0 Å². The highest BCUT2D eigenvalue weighted by molar-refractivity contribution is 4.98. The first-order chi connectivity index (χ1) is 8.40. The molecule has 1 heteroatoms. The molecule has 0 saturated heterocycles. The quantitative estimate of drug-likeness (QED) is 0.762. The van der Waals surface area contributed by atoms with Gasteiger partial charge in [0.25, 0.3) is 0 Å². The topological polar surface area (TPSA) is 26.0 Å². The summed E-state index contributed by atoms with van der Waals surface area (Å²) < 4.78 is 0. The van der Waals surface area contributed by atoms with Crippen LogP contribution < -0.4 is 5.73 Å². The molecule has 0 heterocycles. The van der Waals surface area contributed by atoms with Crippen LogP contribution in [0, 0.1) is 29.6 Å². The highest BCUT2D eigenvalue weighted by Gasteiger charge is 2.42. The molecule has 2 aliphatic carbocycles. The molecule has 2 rings (SSSR count). The molecular formula is C17H33N. The van der Waals surface area contributed by atoms with Crippen molar-refractivity contribution in [1.29, 1.82) is 0 Å². The number of hydrogen-bond acceptors (Lipinski definition) is 1. The van der Waals surface area contributed by atoms with Gasteiger partial charge >= 0.3 is 0 Å². The molecule has 0 radical (unpaired) electrons. The monoisotopic (exact) mass is 251 g/mol. The summed E-state index contributed by atoms with van der Waals surface area (Å²) in [5, 5.41) is 0. The van der Waals surface area contributed by atoms with Gasteiger partial charge in [0.05, 0.1) is 0 Å². The molecule has 0 aromatic carbocycles. The fourth-order valence-corrected chi connectivity index (χ4v) is 4.74. The highest BCUT2D eigenvalue weighted by atomic mass is 14.8. The van der Waals surface area contributed by atoms with E-state index in [0.29, 0.717) is 0 Å². The summed E-state index contributed by atoms with van der Waals surface area (Å²) >= 11 is 0. The second-order valence-corrected chi connectivity index (χ2v) is 7.95. The van der Waals surface area contributed by atoms with E-state index in [1.54, 1.807) is 0 Å². The predicted molar refractivity (Wildman–Crippen MR) is 79.4 cm³/mol. The zero-order chi connectivity index (χ0) is 13.3. The van der Waals surface area contributed by atoms with Gasteiger partial charge in [0.2, 0.25) is 0 Å². The maximum atomic E-state index is 6.89. The average Bonchev–Trinajstić information content (AvgIpc) is 2.27.